The zero-order valence-corrected chi connectivity index (χ0v) is 10.9. The van der Waals surface area contributed by atoms with E-state index in [0.29, 0.717) is 26.4 Å². The van der Waals surface area contributed by atoms with Crippen molar-refractivity contribution < 1.29 is 14.2 Å². The van der Waals surface area contributed by atoms with E-state index in [1.54, 1.807) is 7.11 Å². The molecule has 1 aromatic carbocycles. The summed E-state index contributed by atoms with van der Waals surface area (Å²) in [6, 6.07) is 6.36. The lowest BCUT2D eigenvalue weighted by Gasteiger charge is -2.09. The molecule has 0 bridgehead atoms. The molecule has 0 aromatic heterocycles. The van der Waals surface area contributed by atoms with E-state index in [2.05, 4.69) is 12.1 Å². The summed E-state index contributed by atoms with van der Waals surface area (Å²) in [4.78, 5) is 0. The summed E-state index contributed by atoms with van der Waals surface area (Å²) in [5.74, 6) is 0.901. The summed E-state index contributed by atoms with van der Waals surface area (Å²) in [5.41, 5.74) is 8.57. The third-order valence-corrected chi connectivity index (χ3v) is 3.17. The number of nitrogens with two attached hydrogens (primary N) is 1. The van der Waals surface area contributed by atoms with Gasteiger partial charge in [0.2, 0.25) is 0 Å². The van der Waals surface area contributed by atoms with Gasteiger partial charge in [0, 0.05) is 13.2 Å². The van der Waals surface area contributed by atoms with Crippen LogP contribution in [0.5, 0.6) is 5.75 Å². The molecule has 18 heavy (non-hydrogen) atoms. The van der Waals surface area contributed by atoms with Crippen LogP contribution in [0.1, 0.15) is 23.6 Å². The summed E-state index contributed by atoms with van der Waals surface area (Å²) in [6.07, 6.45) is 2.09. The summed E-state index contributed by atoms with van der Waals surface area (Å²) in [5, 5.41) is 0. The van der Waals surface area contributed by atoms with E-state index in [-0.39, 0.29) is 6.04 Å². The molecule has 0 fully saturated rings. The molecule has 0 aliphatic heterocycles. The van der Waals surface area contributed by atoms with Crippen molar-refractivity contribution in [1.29, 1.82) is 0 Å². The Morgan fingerprint density at radius 1 is 1.22 bits per heavy atom. The van der Waals surface area contributed by atoms with Crippen LogP contribution in [0.4, 0.5) is 0 Å². The number of methoxy groups -OCH3 is 1. The molecule has 4 nitrogen and oxygen atoms in total. The van der Waals surface area contributed by atoms with Gasteiger partial charge in [0.15, 0.2) is 0 Å². The summed E-state index contributed by atoms with van der Waals surface area (Å²) in [6.45, 7) is 2.38. The van der Waals surface area contributed by atoms with Crippen LogP contribution in [0.15, 0.2) is 18.2 Å². The molecule has 0 spiro atoms. The summed E-state index contributed by atoms with van der Waals surface area (Å²) >= 11 is 0. The van der Waals surface area contributed by atoms with Crippen molar-refractivity contribution in [3.05, 3.63) is 29.3 Å². The molecule has 0 saturated heterocycles. The van der Waals surface area contributed by atoms with Gasteiger partial charge in [-0.1, -0.05) is 6.07 Å². The Hall–Kier alpha value is -1.10. The molecule has 0 saturated carbocycles. The van der Waals surface area contributed by atoms with Crippen LogP contribution in [0.25, 0.3) is 0 Å². The molecular formula is C14H21NO3. The minimum atomic E-state index is 0.200. The Morgan fingerprint density at radius 2 is 2.06 bits per heavy atom. The first-order chi connectivity index (χ1) is 8.81. The second-order valence-corrected chi connectivity index (χ2v) is 4.46. The normalized spacial score (nSPS) is 17.8. The minimum Gasteiger partial charge on any atom is -0.491 e. The molecular weight excluding hydrogens is 230 g/mol. The molecule has 0 amide bonds. The number of ether oxygens (including phenoxy) is 3. The SMILES string of the molecule is COCCOCCOc1ccc2c(c1)CCC2N. The lowest BCUT2D eigenvalue weighted by Crippen LogP contribution is -2.10. The fourth-order valence-corrected chi connectivity index (χ4v) is 2.18. The summed E-state index contributed by atoms with van der Waals surface area (Å²) in [7, 11) is 1.66. The van der Waals surface area contributed by atoms with Gasteiger partial charge in [-0.2, -0.15) is 0 Å². The monoisotopic (exact) mass is 251 g/mol. The number of aryl methyl sites for hydroxylation is 1. The van der Waals surface area contributed by atoms with Gasteiger partial charge in [0.05, 0.1) is 19.8 Å². The second kappa shape index (κ2) is 6.73. The van der Waals surface area contributed by atoms with Gasteiger partial charge in [0.1, 0.15) is 12.4 Å². The van der Waals surface area contributed by atoms with Crippen LogP contribution in [0, 0.1) is 0 Å². The van der Waals surface area contributed by atoms with Crippen LogP contribution < -0.4 is 10.5 Å². The predicted octanol–water partition coefficient (Wildman–Crippen LogP) is 1.67. The molecule has 100 valence electrons. The Balaban J connectivity index is 1.74. The molecule has 1 atom stereocenters. The third-order valence-electron chi connectivity index (χ3n) is 3.17. The van der Waals surface area contributed by atoms with Gasteiger partial charge in [-0.25, -0.2) is 0 Å². The van der Waals surface area contributed by atoms with Crippen molar-refractivity contribution in [2.45, 2.75) is 18.9 Å². The molecule has 4 heteroatoms. The standard InChI is InChI=1S/C14H21NO3/c1-16-6-7-17-8-9-18-12-3-4-13-11(10-12)2-5-14(13)15/h3-4,10,14H,2,5-9,15H2,1H3. The minimum absolute atomic E-state index is 0.200. The highest BCUT2D eigenvalue weighted by atomic mass is 16.5. The van der Waals surface area contributed by atoms with Crippen molar-refractivity contribution in [3.8, 4) is 5.75 Å². The van der Waals surface area contributed by atoms with Crippen LogP contribution >= 0.6 is 0 Å². The van der Waals surface area contributed by atoms with E-state index in [1.807, 2.05) is 6.07 Å². The van der Waals surface area contributed by atoms with Crippen molar-refractivity contribution in [1.82, 2.24) is 0 Å². The molecule has 1 aliphatic rings. The smallest absolute Gasteiger partial charge is 0.119 e. The van der Waals surface area contributed by atoms with Crippen LogP contribution in [-0.2, 0) is 15.9 Å². The average molecular weight is 251 g/mol. The maximum absolute atomic E-state index is 5.99. The van der Waals surface area contributed by atoms with Crippen LogP contribution in [0.3, 0.4) is 0 Å². The Morgan fingerprint density at radius 3 is 2.89 bits per heavy atom. The van der Waals surface area contributed by atoms with Gasteiger partial charge in [-0.05, 0) is 36.1 Å². The summed E-state index contributed by atoms with van der Waals surface area (Å²) < 4.78 is 15.9. The van der Waals surface area contributed by atoms with E-state index in [0.717, 1.165) is 18.6 Å². The molecule has 0 heterocycles. The van der Waals surface area contributed by atoms with Crippen molar-refractivity contribution in [3.63, 3.8) is 0 Å². The van der Waals surface area contributed by atoms with E-state index in [9.17, 15) is 0 Å². The number of hydrogen-bond acceptors (Lipinski definition) is 4. The van der Waals surface area contributed by atoms with E-state index in [1.165, 1.54) is 11.1 Å². The topological polar surface area (TPSA) is 53.7 Å². The van der Waals surface area contributed by atoms with E-state index in [4.69, 9.17) is 19.9 Å². The lowest BCUT2D eigenvalue weighted by molar-refractivity contribution is 0.0544. The fraction of sp³-hybridized carbons (Fsp3) is 0.571. The van der Waals surface area contributed by atoms with Crippen LogP contribution in [0.2, 0.25) is 0 Å². The van der Waals surface area contributed by atoms with Gasteiger partial charge < -0.3 is 19.9 Å². The van der Waals surface area contributed by atoms with Crippen molar-refractivity contribution in [2.75, 3.05) is 33.5 Å². The quantitative estimate of drug-likeness (QED) is 0.749. The molecule has 2 rings (SSSR count). The number of benzene rings is 1. The largest absolute Gasteiger partial charge is 0.491 e. The zero-order valence-electron chi connectivity index (χ0n) is 10.9. The van der Waals surface area contributed by atoms with E-state index < -0.39 is 0 Å². The van der Waals surface area contributed by atoms with Crippen molar-refractivity contribution >= 4 is 0 Å². The lowest BCUT2D eigenvalue weighted by atomic mass is 10.1. The highest BCUT2D eigenvalue weighted by Crippen LogP contribution is 2.31. The maximum Gasteiger partial charge on any atom is 0.119 e. The third kappa shape index (κ3) is 3.45. The van der Waals surface area contributed by atoms with Crippen LogP contribution in [-0.4, -0.2) is 33.5 Å². The Kier molecular flexibility index (Phi) is 4.99. The average Bonchev–Trinajstić information content (AvgIpc) is 2.75. The van der Waals surface area contributed by atoms with Gasteiger partial charge >= 0.3 is 0 Å². The van der Waals surface area contributed by atoms with Gasteiger partial charge in [-0.3, -0.25) is 0 Å². The first-order valence-corrected chi connectivity index (χ1v) is 6.39. The van der Waals surface area contributed by atoms with E-state index >= 15 is 0 Å². The second-order valence-electron chi connectivity index (χ2n) is 4.46. The van der Waals surface area contributed by atoms with Gasteiger partial charge in [0.25, 0.3) is 0 Å². The molecule has 1 unspecified atom stereocenters. The molecule has 1 aromatic rings. The van der Waals surface area contributed by atoms with Gasteiger partial charge in [-0.15, -0.1) is 0 Å². The number of rotatable bonds is 7. The number of fused-ring (bicyclic) bond motifs is 1. The van der Waals surface area contributed by atoms with Crippen molar-refractivity contribution in [2.24, 2.45) is 5.73 Å². The first kappa shape index (κ1) is 13.3. The maximum atomic E-state index is 5.99. The predicted molar refractivity (Wildman–Crippen MR) is 69.9 cm³/mol. The fourth-order valence-electron chi connectivity index (χ4n) is 2.18. The molecule has 1 aliphatic carbocycles. The highest BCUT2D eigenvalue weighted by Gasteiger charge is 2.18. The first-order valence-electron chi connectivity index (χ1n) is 6.39. The zero-order chi connectivity index (χ0) is 12.8. The number of hydrogen-bond donors (Lipinski definition) is 1. The molecule has 0 radical (unpaired) electrons. The Bertz CT molecular complexity index is 381. The highest BCUT2D eigenvalue weighted by molar-refractivity contribution is 5.40. The molecule has 2 N–H and O–H groups in total. The Labute approximate surface area is 108 Å².